The molecule has 1 nitrogen and oxygen atoms in total. The Bertz CT molecular complexity index is 291. The maximum absolute atomic E-state index is 5.60. The first kappa shape index (κ1) is 11.2. The number of hydrogen-bond acceptors (Lipinski definition) is 2. The molecule has 0 unspecified atom stereocenters. The Morgan fingerprint density at radius 1 is 1.54 bits per heavy atom. The van der Waals surface area contributed by atoms with Crippen molar-refractivity contribution in [3.8, 4) is 0 Å². The highest BCUT2D eigenvalue weighted by Gasteiger charge is 2.24. The minimum absolute atomic E-state index is 0.201. The highest BCUT2D eigenvalue weighted by molar-refractivity contribution is 9.10. The van der Waals surface area contributed by atoms with E-state index < -0.39 is 0 Å². The summed E-state index contributed by atoms with van der Waals surface area (Å²) in [6, 6.07) is 2.18. The average Bonchev–Trinajstić information content (AvgIpc) is 2.30. The molecular weight excluding hydrogens is 246 g/mol. The number of thiophene rings is 1. The predicted octanol–water partition coefficient (Wildman–Crippen LogP) is 3.45. The smallest absolute Gasteiger partial charge is 0.0322 e. The molecule has 0 atom stereocenters. The summed E-state index contributed by atoms with van der Waals surface area (Å²) in [7, 11) is 0. The van der Waals surface area contributed by atoms with E-state index >= 15 is 0 Å². The van der Waals surface area contributed by atoms with E-state index in [1.807, 2.05) is 11.3 Å². The van der Waals surface area contributed by atoms with Crippen LogP contribution in [0.5, 0.6) is 0 Å². The molecule has 0 aliphatic heterocycles. The Morgan fingerprint density at radius 2 is 2.15 bits per heavy atom. The zero-order chi connectivity index (χ0) is 10.1. The molecule has 3 heteroatoms. The lowest BCUT2D eigenvalue weighted by Gasteiger charge is -2.22. The SMILES string of the molecule is Cc1cc(Br)c(C(C)(C)CCN)s1. The van der Waals surface area contributed by atoms with Gasteiger partial charge in [-0.25, -0.2) is 0 Å². The highest BCUT2D eigenvalue weighted by Crippen LogP contribution is 2.38. The molecule has 0 aliphatic rings. The standard InChI is InChI=1S/C10H16BrNS/c1-7-6-8(11)9(13-7)10(2,3)4-5-12/h6H,4-5,12H2,1-3H3. The maximum atomic E-state index is 5.60. The van der Waals surface area contributed by atoms with Crippen LogP contribution in [-0.2, 0) is 5.41 Å². The van der Waals surface area contributed by atoms with Crippen molar-refractivity contribution in [3.63, 3.8) is 0 Å². The molecule has 74 valence electrons. The van der Waals surface area contributed by atoms with Crippen molar-refractivity contribution in [3.05, 3.63) is 20.3 Å². The molecule has 1 aromatic rings. The van der Waals surface area contributed by atoms with Gasteiger partial charge in [-0.15, -0.1) is 11.3 Å². The van der Waals surface area contributed by atoms with Gasteiger partial charge in [-0.1, -0.05) is 13.8 Å². The summed E-state index contributed by atoms with van der Waals surface area (Å²) in [5.74, 6) is 0. The monoisotopic (exact) mass is 261 g/mol. The third kappa shape index (κ3) is 2.55. The van der Waals surface area contributed by atoms with E-state index in [0.717, 1.165) is 13.0 Å². The fourth-order valence-electron chi connectivity index (χ4n) is 1.42. The van der Waals surface area contributed by atoms with Crippen LogP contribution in [0.15, 0.2) is 10.5 Å². The van der Waals surface area contributed by atoms with Crippen LogP contribution in [0.4, 0.5) is 0 Å². The van der Waals surface area contributed by atoms with Crippen LogP contribution in [0, 0.1) is 6.92 Å². The van der Waals surface area contributed by atoms with Crippen LogP contribution >= 0.6 is 27.3 Å². The molecule has 0 aliphatic carbocycles. The van der Waals surface area contributed by atoms with Gasteiger partial charge in [-0.3, -0.25) is 0 Å². The summed E-state index contributed by atoms with van der Waals surface area (Å²) in [6.45, 7) is 7.37. The quantitative estimate of drug-likeness (QED) is 0.887. The van der Waals surface area contributed by atoms with Crippen molar-refractivity contribution in [2.45, 2.75) is 32.6 Å². The number of halogens is 1. The fourth-order valence-corrected chi connectivity index (χ4v) is 3.73. The van der Waals surface area contributed by atoms with Gasteiger partial charge in [0, 0.05) is 19.6 Å². The van der Waals surface area contributed by atoms with Gasteiger partial charge in [0.25, 0.3) is 0 Å². The van der Waals surface area contributed by atoms with E-state index in [9.17, 15) is 0 Å². The zero-order valence-electron chi connectivity index (χ0n) is 8.36. The van der Waals surface area contributed by atoms with Crippen molar-refractivity contribution < 1.29 is 0 Å². The Kier molecular flexibility index (Phi) is 3.55. The maximum Gasteiger partial charge on any atom is 0.0322 e. The predicted molar refractivity (Wildman–Crippen MR) is 63.5 cm³/mol. The first-order chi connectivity index (χ1) is 5.97. The summed E-state index contributed by atoms with van der Waals surface area (Å²) in [4.78, 5) is 2.77. The van der Waals surface area contributed by atoms with Gasteiger partial charge < -0.3 is 5.73 Å². The van der Waals surface area contributed by atoms with Crippen LogP contribution in [0.25, 0.3) is 0 Å². The number of aryl methyl sites for hydroxylation is 1. The van der Waals surface area contributed by atoms with Crippen molar-refractivity contribution >= 4 is 27.3 Å². The molecule has 0 fully saturated rings. The van der Waals surface area contributed by atoms with Gasteiger partial charge in [0.1, 0.15) is 0 Å². The van der Waals surface area contributed by atoms with E-state index in [1.54, 1.807) is 0 Å². The van der Waals surface area contributed by atoms with Crippen molar-refractivity contribution in [2.24, 2.45) is 5.73 Å². The molecule has 0 aromatic carbocycles. The summed E-state index contributed by atoms with van der Waals surface area (Å²) >= 11 is 5.45. The molecule has 1 heterocycles. The Hall–Kier alpha value is 0.140. The topological polar surface area (TPSA) is 26.0 Å². The van der Waals surface area contributed by atoms with Gasteiger partial charge in [-0.2, -0.15) is 0 Å². The first-order valence-electron chi connectivity index (χ1n) is 4.44. The molecule has 0 radical (unpaired) electrons. The molecule has 13 heavy (non-hydrogen) atoms. The minimum Gasteiger partial charge on any atom is -0.330 e. The summed E-state index contributed by atoms with van der Waals surface area (Å²) in [5, 5.41) is 0. The molecule has 0 saturated carbocycles. The first-order valence-corrected chi connectivity index (χ1v) is 6.05. The summed E-state index contributed by atoms with van der Waals surface area (Å²) in [6.07, 6.45) is 1.03. The zero-order valence-corrected chi connectivity index (χ0v) is 10.8. The lowest BCUT2D eigenvalue weighted by Crippen LogP contribution is -2.20. The van der Waals surface area contributed by atoms with Crippen LogP contribution in [0.1, 0.15) is 30.0 Å². The second-order valence-electron chi connectivity index (χ2n) is 3.96. The van der Waals surface area contributed by atoms with E-state index in [1.165, 1.54) is 14.2 Å². The van der Waals surface area contributed by atoms with Gasteiger partial charge in [0.15, 0.2) is 0 Å². The molecular formula is C10H16BrNS. The molecule has 0 spiro atoms. The molecule has 0 bridgehead atoms. The Morgan fingerprint density at radius 3 is 2.54 bits per heavy atom. The van der Waals surface area contributed by atoms with Crippen LogP contribution in [-0.4, -0.2) is 6.54 Å². The fraction of sp³-hybridized carbons (Fsp3) is 0.600. The molecule has 2 N–H and O–H groups in total. The third-order valence-corrected chi connectivity index (χ3v) is 4.50. The van der Waals surface area contributed by atoms with Crippen LogP contribution in [0.2, 0.25) is 0 Å². The molecule has 0 amide bonds. The second-order valence-corrected chi connectivity index (χ2v) is 6.07. The van der Waals surface area contributed by atoms with E-state index in [4.69, 9.17) is 5.73 Å². The largest absolute Gasteiger partial charge is 0.330 e. The number of nitrogens with two attached hydrogens (primary N) is 1. The molecule has 0 saturated heterocycles. The van der Waals surface area contributed by atoms with Crippen LogP contribution < -0.4 is 5.73 Å². The van der Waals surface area contributed by atoms with Gasteiger partial charge in [0.2, 0.25) is 0 Å². The van der Waals surface area contributed by atoms with E-state index in [2.05, 4.69) is 42.8 Å². The van der Waals surface area contributed by atoms with Gasteiger partial charge in [0.05, 0.1) is 0 Å². The minimum atomic E-state index is 0.201. The Labute approximate surface area is 92.5 Å². The summed E-state index contributed by atoms with van der Waals surface area (Å²) in [5.41, 5.74) is 5.80. The normalized spacial score (nSPS) is 12.1. The van der Waals surface area contributed by atoms with Crippen LogP contribution in [0.3, 0.4) is 0 Å². The van der Waals surface area contributed by atoms with Gasteiger partial charge >= 0.3 is 0 Å². The number of rotatable bonds is 3. The molecule has 1 rings (SSSR count). The average molecular weight is 262 g/mol. The lowest BCUT2D eigenvalue weighted by atomic mass is 9.88. The lowest BCUT2D eigenvalue weighted by molar-refractivity contribution is 0.495. The van der Waals surface area contributed by atoms with E-state index in [0.29, 0.717) is 0 Å². The Balaban J connectivity index is 2.98. The van der Waals surface area contributed by atoms with Gasteiger partial charge in [-0.05, 0) is 41.9 Å². The summed E-state index contributed by atoms with van der Waals surface area (Å²) < 4.78 is 1.23. The van der Waals surface area contributed by atoms with Crippen molar-refractivity contribution in [2.75, 3.05) is 6.54 Å². The van der Waals surface area contributed by atoms with Crippen molar-refractivity contribution in [1.82, 2.24) is 0 Å². The number of hydrogen-bond donors (Lipinski definition) is 1. The highest BCUT2D eigenvalue weighted by atomic mass is 79.9. The van der Waals surface area contributed by atoms with E-state index in [-0.39, 0.29) is 5.41 Å². The van der Waals surface area contributed by atoms with Crippen molar-refractivity contribution in [1.29, 1.82) is 0 Å². The second kappa shape index (κ2) is 4.11. The molecule has 1 aromatic heterocycles. The third-order valence-electron chi connectivity index (χ3n) is 2.19.